The van der Waals surface area contributed by atoms with E-state index in [0.717, 1.165) is 5.56 Å². The van der Waals surface area contributed by atoms with Crippen LogP contribution in [0.5, 0.6) is 0 Å². The Hall–Kier alpha value is -2.70. The summed E-state index contributed by atoms with van der Waals surface area (Å²) in [6, 6.07) is 9.10. The molecule has 7 heteroatoms. The van der Waals surface area contributed by atoms with E-state index in [0.29, 0.717) is 0 Å². The number of aromatic nitrogens is 2. The number of nitrogens with zero attached hydrogens (tertiary/aromatic N) is 3. The second kappa shape index (κ2) is 5.74. The Labute approximate surface area is 121 Å². The number of rotatable bonds is 5. The van der Waals surface area contributed by atoms with Crippen LogP contribution >= 0.6 is 0 Å². The lowest BCUT2D eigenvalue weighted by Crippen LogP contribution is -2.12. The van der Waals surface area contributed by atoms with E-state index in [2.05, 4.69) is 5.10 Å². The molecular weight excluding hydrogens is 274 g/mol. The van der Waals surface area contributed by atoms with E-state index >= 15 is 0 Å². The van der Waals surface area contributed by atoms with Crippen molar-refractivity contribution >= 4 is 11.7 Å². The highest BCUT2D eigenvalue weighted by Gasteiger charge is 2.33. The van der Waals surface area contributed by atoms with Gasteiger partial charge in [0.05, 0.1) is 11.5 Å². The molecule has 7 nitrogen and oxygen atoms in total. The zero-order chi connectivity index (χ0) is 15.6. The Morgan fingerprint density at radius 1 is 1.38 bits per heavy atom. The number of carboxylic acid groups (broad SMARTS) is 1. The van der Waals surface area contributed by atoms with Gasteiger partial charge in [0.25, 0.3) is 0 Å². The molecule has 1 aromatic heterocycles. The molecule has 0 aliphatic carbocycles. The summed E-state index contributed by atoms with van der Waals surface area (Å²) in [4.78, 5) is 21.9. The molecule has 0 unspecified atom stereocenters. The summed E-state index contributed by atoms with van der Waals surface area (Å²) >= 11 is 0. The lowest BCUT2D eigenvalue weighted by molar-refractivity contribution is -0.386. The SMILES string of the molecule is CC(C)c1nn(Cc2ccccc2)c(C(=O)O)c1[N+](=O)[O-]. The van der Waals surface area contributed by atoms with Crippen molar-refractivity contribution in [3.05, 3.63) is 57.4 Å². The minimum atomic E-state index is -1.35. The lowest BCUT2D eigenvalue weighted by Gasteiger charge is -2.03. The van der Waals surface area contributed by atoms with E-state index in [-0.39, 0.29) is 23.9 Å². The zero-order valence-corrected chi connectivity index (χ0v) is 11.7. The van der Waals surface area contributed by atoms with Gasteiger partial charge in [-0.3, -0.25) is 10.1 Å². The minimum absolute atomic E-state index is 0.177. The number of hydrogen-bond donors (Lipinski definition) is 1. The van der Waals surface area contributed by atoms with Gasteiger partial charge in [-0.05, 0) is 5.56 Å². The maximum Gasteiger partial charge on any atom is 0.361 e. The van der Waals surface area contributed by atoms with Crippen molar-refractivity contribution in [1.29, 1.82) is 0 Å². The Morgan fingerprint density at radius 2 is 2.00 bits per heavy atom. The van der Waals surface area contributed by atoms with Crippen LogP contribution in [0.2, 0.25) is 0 Å². The molecule has 21 heavy (non-hydrogen) atoms. The molecule has 2 rings (SSSR count). The molecule has 1 aromatic carbocycles. The Morgan fingerprint density at radius 3 is 2.48 bits per heavy atom. The third kappa shape index (κ3) is 2.91. The minimum Gasteiger partial charge on any atom is -0.476 e. The molecule has 0 saturated heterocycles. The van der Waals surface area contributed by atoms with E-state index in [1.54, 1.807) is 13.8 Å². The molecule has 0 bridgehead atoms. The first-order valence-corrected chi connectivity index (χ1v) is 6.44. The second-order valence-electron chi connectivity index (χ2n) is 4.94. The van der Waals surface area contributed by atoms with E-state index in [1.807, 2.05) is 30.3 Å². The Balaban J connectivity index is 2.57. The second-order valence-corrected chi connectivity index (χ2v) is 4.94. The molecule has 0 spiro atoms. The molecule has 2 aromatic rings. The molecule has 1 N–H and O–H groups in total. The molecular formula is C14H15N3O4. The van der Waals surface area contributed by atoms with Crippen LogP contribution in [0.1, 0.15) is 41.5 Å². The molecule has 0 aliphatic rings. The van der Waals surface area contributed by atoms with Gasteiger partial charge in [-0.2, -0.15) is 5.10 Å². The summed E-state index contributed by atoms with van der Waals surface area (Å²) in [6.07, 6.45) is 0. The summed E-state index contributed by atoms with van der Waals surface area (Å²) in [5.74, 6) is -1.59. The normalized spacial score (nSPS) is 10.8. The number of aromatic carboxylic acids is 1. The van der Waals surface area contributed by atoms with Crippen LogP contribution in [-0.2, 0) is 6.54 Å². The van der Waals surface area contributed by atoms with E-state index in [4.69, 9.17) is 0 Å². The highest BCUT2D eigenvalue weighted by Crippen LogP contribution is 2.29. The lowest BCUT2D eigenvalue weighted by atomic mass is 10.1. The Kier molecular flexibility index (Phi) is 4.02. The highest BCUT2D eigenvalue weighted by molar-refractivity contribution is 5.91. The van der Waals surface area contributed by atoms with Crippen molar-refractivity contribution in [2.75, 3.05) is 0 Å². The molecule has 1 heterocycles. The van der Waals surface area contributed by atoms with Gasteiger partial charge in [0.2, 0.25) is 5.69 Å². The van der Waals surface area contributed by atoms with E-state index in [9.17, 15) is 20.0 Å². The van der Waals surface area contributed by atoms with E-state index < -0.39 is 16.6 Å². The van der Waals surface area contributed by atoms with Gasteiger partial charge in [0.15, 0.2) is 0 Å². The molecule has 0 amide bonds. The molecule has 0 aliphatic heterocycles. The predicted octanol–water partition coefficient (Wildman–Crippen LogP) is 2.66. The fraction of sp³-hybridized carbons (Fsp3) is 0.286. The number of nitro groups is 1. The molecule has 0 saturated carbocycles. The largest absolute Gasteiger partial charge is 0.476 e. The third-order valence-corrected chi connectivity index (χ3v) is 3.06. The fourth-order valence-electron chi connectivity index (χ4n) is 2.12. The van der Waals surface area contributed by atoms with E-state index in [1.165, 1.54) is 4.68 Å². The summed E-state index contributed by atoms with van der Waals surface area (Å²) < 4.78 is 1.19. The predicted molar refractivity (Wildman–Crippen MR) is 75.5 cm³/mol. The monoisotopic (exact) mass is 289 g/mol. The molecule has 0 fully saturated rings. The number of carboxylic acids is 1. The van der Waals surface area contributed by atoms with Gasteiger partial charge in [0.1, 0.15) is 5.69 Å². The number of hydrogen-bond acceptors (Lipinski definition) is 4. The topological polar surface area (TPSA) is 98.3 Å². The maximum absolute atomic E-state index is 11.4. The first-order valence-electron chi connectivity index (χ1n) is 6.44. The zero-order valence-electron chi connectivity index (χ0n) is 11.7. The highest BCUT2D eigenvalue weighted by atomic mass is 16.6. The van der Waals surface area contributed by atoms with Gasteiger partial charge in [-0.25, -0.2) is 9.48 Å². The smallest absolute Gasteiger partial charge is 0.361 e. The molecule has 0 radical (unpaired) electrons. The van der Waals surface area contributed by atoms with Gasteiger partial charge in [-0.15, -0.1) is 0 Å². The van der Waals surface area contributed by atoms with Crippen LogP contribution in [0.4, 0.5) is 5.69 Å². The van der Waals surface area contributed by atoms with Crippen LogP contribution in [-0.4, -0.2) is 25.8 Å². The van der Waals surface area contributed by atoms with Crippen molar-refractivity contribution in [2.24, 2.45) is 0 Å². The van der Waals surface area contributed by atoms with Crippen LogP contribution in [0.25, 0.3) is 0 Å². The van der Waals surface area contributed by atoms with Crippen LogP contribution in [0.15, 0.2) is 30.3 Å². The van der Waals surface area contributed by atoms with Crippen molar-refractivity contribution in [2.45, 2.75) is 26.3 Å². The van der Waals surface area contributed by atoms with Crippen molar-refractivity contribution in [1.82, 2.24) is 9.78 Å². The summed E-state index contributed by atoms with van der Waals surface area (Å²) in [6.45, 7) is 3.66. The summed E-state index contributed by atoms with van der Waals surface area (Å²) in [5.41, 5.74) is 0.210. The Bertz CT molecular complexity index is 677. The average molecular weight is 289 g/mol. The molecule has 110 valence electrons. The van der Waals surface area contributed by atoms with Gasteiger partial charge >= 0.3 is 11.7 Å². The quantitative estimate of drug-likeness (QED) is 0.674. The summed E-state index contributed by atoms with van der Waals surface area (Å²) in [5, 5.41) is 24.7. The van der Waals surface area contributed by atoms with Crippen molar-refractivity contribution < 1.29 is 14.8 Å². The van der Waals surface area contributed by atoms with Crippen LogP contribution < -0.4 is 0 Å². The molecule has 0 atom stereocenters. The fourth-order valence-corrected chi connectivity index (χ4v) is 2.12. The van der Waals surface area contributed by atoms with Crippen LogP contribution in [0.3, 0.4) is 0 Å². The number of benzene rings is 1. The van der Waals surface area contributed by atoms with Gasteiger partial charge in [-0.1, -0.05) is 44.2 Å². The van der Waals surface area contributed by atoms with Gasteiger partial charge < -0.3 is 5.11 Å². The first-order chi connectivity index (χ1) is 9.91. The van der Waals surface area contributed by atoms with Gasteiger partial charge in [0, 0.05) is 5.92 Å². The summed E-state index contributed by atoms with van der Waals surface area (Å²) in [7, 11) is 0. The average Bonchev–Trinajstić information content (AvgIpc) is 2.79. The maximum atomic E-state index is 11.4. The third-order valence-electron chi connectivity index (χ3n) is 3.06. The van der Waals surface area contributed by atoms with Crippen molar-refractivity contribution in [3.63, 3.8) is 0 Å². The van der Waals surface area contributed by atoms with Crippen molar-refractivity contribution in [3.8, 4) is 0 Å². The van der Waals surface area contributed by atoms with Crippen LogP contribution in [0, 0.1) is 10.1 Å². The first kappa shape index (κ1) is 14.7. The number of carbonyl (C=O) groups is 1. The standard InChI is InChI=1S/C14H15N3O4/c1-9(2)11-12(17(20)21)13(14(18)19)16(15-11)8-10-6-4-3-5-7-10/h3-7,9H,8H2,1-2H3,(H,18,19).